The molecular formula is C18H17Cl2N3O2. The molecular weight excluding hydrogens is 361 g/mol. The predicted molar refractivity (Wildman–Crippen MR) is 98.0 cm³/mol. The average Bonchev–Trinajstić information content (AvgIpc) is 2.61. The van der Waals surface area contributed by atoms with Crippen LogP contribution in [-0.4, -0.2) is 41.3 Å². The number of aromatic nitrogens is 1. The van der Waals surface area contributed by atoms with E-state index >= 15 is 0 Å². The Bertz CT molecular complexity index is 763. The lowest BCUT2D eigenvalue weighted by Gasteiger charge is -2.34. The van der Waals surface area contributed by atoms with Gasteiger partial charge in [-0.3, -0.25) is 14.6 Å². The molecule has 0 bridgehead atoms. The first-order valence-corrected chi connectivity index (χ1v) is 8.73. The minimum atomic E-state index is -0.108. The van der Waals surface area contributed by atoms with Gasteiger partial charge in [0.1, 0.15) is 6.54 Å². The zero-order valence-corrected chi connectivity index (χ0v) is 15.0. The SMILES string of the molecule is O=C(CCc1c(Cl)cccc1Cl)N1CCN(c2cccnc2)C(=O)C1. The molecule has 0 N–H and O–H groups in total. The van der Waals surface area contributed by atoms with Gasteiger partial charge in [0, 0.05) is 35.8 Å². The van der Waals surface area contributed by atoms with E-state index in [1.54, 1.807) is 46.5 Å². The van der Waals surface area contributed by atoms with Gasteiger partial charge in [0.15, 0.2) is 0 Å². The number of hydrogen-bond acceptors (Lipinski definition) is 3. The fourth-order valence-electron chi connectivity index (χ4n) is 2.83. The highest BCUT2D eigenvalue weighted by Crippen LogP contribution is 2.26. The number of pyridine rings is 1. The zero-order chi connectivity index (χ0) is 17.8. The van der Waals surface area contributed by atoms with E-state index in [-0.39, 0.29) is 24.8 Å². The normalized spacial score (nSPS) is 14.7. The Morgan fingerprint density at radius 1 is 1.12 bits per heavy atom. The molecule has 0 atom stereocenters. The van der Waals surface area contributed by atoms with Crippen molar-refractivity contribution in [2.24, 2.45) is 0 Å². The largest absolute Gasteiger partial charge is 0.332 e. The molecule has 1 aliphatic heterocycles. The highest BCUT2D eigenvalue weighted by molar-refractivity contribution is 6.36. The van der Waals surface area contributed by atoms with Gasteiger partial charge in [-0.25, -0.2) is 0 Å². The third kappa shape index (κ3) is 4.11. The van der Waals surface area contributed by atoms with Crippen LogP contribution in [0.3, 0.4) is 0 Å². The molecule has 1 aliphatic rings. The van der Waals surface area contributed by atoms with Crippen LogP contribution >= 0.6 is 23.2 Å². The molecule has 3 rings (SSSR count). The van der Waals surface area contributed by atoms with Crippen molar-refractivity contribution in [2.75, 3.05) is 24.5 Å². The van der Waals surface area contributed by atoms with Crippen LogP contribution in [0.25, 0.3) is 0 Å². The summed E-state index contributed by atoms with van der Waals surface area (Å²) >= 11 is 12.3. The molecule has 7 heteroatoms. The summed E-state index contributed by atoms with van der Waals surface area (Å²) < 4.78 is 0. The highest BCUT2D eigenvalue weighted by atomic mass is 35.5. The number of carbonyl (C=O) groups excluding carboxylic acids is 2. The van der Waals surface area contributed by atoms with E-state index < -0.39 is 0 Å². The molecule has 0 aliphatic carbocycles. The van der Waals surface area contributed by atoms with Crippen LogP contribution in [0.1, 0.15) is 12.0 Å². The number of hydrogen-bond donors (Lipinski definition) is 0. The lowest BCUT2D eigenvalue weighted by molar-refractivity contribution is -0.136. The number of nitrogens with zero attached hydrogens (tertiary/aromatic N) is 3. The summed E-state index contributed by atoms with van der Waals surface area (Å²) in [5.41, 5.74) is 1.52. The topological polar surface area (TPSA) is 53.5 Å². The van der Waals surface area contributed by atoms with Gasteiger partial charge in [-0.15, -0.1) is 0 Å². The second kappa shape index (κ2) is 7.85. The maximum absolute atomic E-state index is 12.4. The fraction of sp³-hybridized carbons (Fsp3) is 0.278. The van der Waals surface area contributed by atoms with Gasteiger partial charge < -0.3 is 9.80 Å². The van der Waals surface area contributed by atoms with Crippen molar-refractivity contribution in [3.05, 3.63) is 58.3 Å². The van der Waals surface area contributed by atoms with Crippen LogP contribution in [0, 0.1) is 0 Å². The smallest absolute Gasteiger partial charge is 0.246 e. The molecule has 25 heavy (non-hydrogen) atoms. The van der Waals surface area contributed by atoms with Gasteiger partial charge in [-0.1, -0.05) is 29.3 Å². The number of anilines is 1. The maximum Gasteiger partial charge on any atom is 0.246 e. The summed E-state index contributed by atoms with van der Waals surface area (Å²) in [6.45, 7) is 1.03. The minimum absolute atomic E-state index is 0.0734. The van der Waals surface area contributed by atoms with Gasteiger partial charge >= 0.3 is 0 Å². The van der Waals surface area contributed by atoms with Crippen molar-refractivity contribution < 1.29 is 9.59 Å². The van der Waals surface area contributed by atoms with E-state index in [0.29, 0.717) is 29.6 Å². The molecule has 0 saturated carbocycles. The monoisotopic (exact) mass is 377 g/mol. The molecule has 1 saturated heterocycles. The highest BCUT2D eigenvalue weighted by Gasteiger charge is 2.28. The summed E-state index contributed by atoms with van der Waals surface area (Å²) in [7, 11) is 0. The second-order valence-corrected chi connectivity index (χ2v) is 6.59. The lowest BCUT2D eigenvalue weighted by atomic mass is 10.1. The lowest BCUT2D eigenvalue weighted by Crippen LogP contribution is -2.52. The third-order valence-corrected chi connectivity index (χ3v) is 4.89. The van der Waals surface area contributed by atoms with Crippen molar-refractivity contribution in [1.82, 2.24) is 9.88 Å². The average molecular weight is 378 g/mol. The van der Waals surface area contributed by atoms with Crippen molar-refractivity contribution >= 4 is 40.7 Å². The van der Waals surface area contributed by atoms with Crippen LogP contribution in [0.15, 0.2) is 42.7 Å². The molecule has 1 aromatic carbocycles. The van der Waals surface area contributed by atoms with Crippen molar-refractivity contribution in [3.63, 3.8) is 0 Å². The molecule has 2 amide bonds. The quantitative estimate of drug-likeness (QED) is 0.821. The Morgan fingerprint density at radius 3 is 2.52 bits per heavy atom. The molecule has 0 radical (unpaired) electrons. The molecule has 130 valence electrons. The van der Waals surface area contributed by atoms with Crippen molar-refractivity contribution in [1.29, 1.82) is 0 Å². The molecule has 1 fully saturated rings. The Labute approximate surface area is 156 Å². The molecule has 1 aromatic heterocycles. The summed E-state index contributed by atoms with van der Waals surface area (Å²) in [5, 5.41) is 1.11. The van der Waals surface area contributed by atoms with Crippen LogP contribution < -0.4 is 4.90 Å². The van der Waals surface area contributed by atoms with Crippen LogP contribution in [0.4, 0.5) is 5.69 Å². The zero-order valence-electron chi connectivity index (χ0n) is 13.5. The molecule has 0 unspecified atom stereocenters. The van der Waals surface area contributed by atoms with Crippen molar-refractivity contribution in [2.45, 2.75) is 12.8 Å². The number of benzene rings is 1. The molecule has 2 heterocycles. The number of carbonyl (C=O) groups is 2. The Balaban J connectivity index is 1.59. The first kappa shape index (κ1) is 17.7. The number of piperazine rings is 1. The maximum atomic E-state index is 12.4. The van der Waals surface area contributed by atoms with Crippen LogP contribution in [0.2, 0.25) is 10.0 Å². The van der Waals surface area contributed by atoms with Gasteiger partial charge in [-0.2, -0.15) is 0 Å². The number of amides is 2. The first-order valence-electron chi connectivity index (χ1n) is 7.97. The predicted octanol–water partition coefficient (Wildman–Crippen LogP) is 3.20. The molecule has 5 nitrogen and oxygen atoms in total. The summed E-state index contributed by atoms with van der Waals surface area (Å²) in [4.78, 5) is 32.1. The standard InChI is InChI=1S/C18H17Cl2N3O2/c19-15-4-1-5-16(20)14(15)6-7-17(24)22-9-10-23(18(25)12-22)13-3-2-8-21-11-13/h1-5,8,11H,6-7,9-10,12H2. The molecule has 0 spiro atoms. The summed E-state index contributed by atoms with van der Waals surface area (Å²) in [6, 6.07) is 8.90. The van der Waals surface area contributed by atoms with Gasteiger partial charge in [0.2, 0.25) is 11.8 Å². The van der Waals surface area contributed by atoms with E-state index in [4.69, 9.17) is 23.2 Å². The van der Waals surface area contributed by atoms with Crippen LogP contribution in [0.5, 0.6) is 0 Å². The molecule has 2 aromatic rings. The second-order valence-electron chi connectivity index (χ2n) is 5.77. The van der Waals surface area contributed by atoms with Gasteiger partial charge in [0.05, 0.1) is 11.9 Å². The Morgan fingerprint density at radius 2 is 1.88 bits per heavy atom. The van der Waals surface area contributed by atoms with E-state index in [2.05, 4.69) is 4.98 Å². The van der Waals surface area contributed by atoms with Gasteiger partial charge in [0.25, 0.3) is 0 Å². The third-order valence-electron chi connectivity index (χ3n) is 4.18. The van der Waals surface area contributed by atoms with E-state index in [9.17, 15) is 9.59 Å². The van der Waals surface area contributed by atoms with Crippen molar-refractivity contribution in [3.8, 4) is 0 Å². The Hall–Kier alpha value is -2.11. The van der Waals surface area contributed by atoms with E-state index in [1.807, 2.05) is 6.07 Å². The summed E-state index contributed by atoms with van der Waals surface area (Å²) in [5.74, 6) is -0.182. The number of halogens is 2. The fourth-order valence-corrected chi connectivity index (χ4v) is 3.42. The first-order chi connectivity index (χ1) is 12.1. The van der Waals surface area contributed by atoms with Gasteiger partial charge in [-0.05, 0) is 36.2 Å². The van der Waals surface area contributed by atoms with Crippen LogP contribution in [-0.2, 0) is 16.0 Å². The van der Waals surface area contributed by atoms with E-state index in [1.165, 1.54) is 0 Å². The number of rotatable bonds is 4. The Kier molecular flexibility index (Phi) is 5.56. The van der Waals surface area contributed by atoms with E-state index in [0.717, 1.165) is 11.3 Å². The summed E-state index contributed by atoms with van der Waals surface area (Å²) in [6.07, 6.45) is 4.03. The minimum Gasteiger partial charge on any atom is -0.332 e.